The molecule has 2 heterocycles. The lowest BCUT2D eigenvalue weighted by Gasteiger charge is -2.42. The van der Waals surface area contributed by atoms with Crippen LogP contribution in [-0.2, 0) is 19.1 Å². The maximum Gasteiger partial charge on any atom is 0.335 e. The van der Waals surface area contributed by atoms with Gasteiger partial charge in [-0.2, -0.15) is 11.8 Å². The van der Waals surface area contributed by atoms with E-state index in [2.05, 4.69) is 6.92 Å². The molecule has 1 amide bonds. The monoisotopic (exact) mass is 315 g/mol. The standard InChI is InChI=1S/C15H25NO4S/c1-9(8-21-4)14(17)16-10(2)5-6-12-11(16)7-13(20-12)15(18)19-3/h9-13H,5-8H2,1-4H3/t9-,10+,11+,12-,13-/m0/s1. The van der Waals surface area contributed by atoms with Crippen LogP contribution in [-0.4, -0.2) is 60.2 Å². The molecule has 120 valence electrons. The van der Waals surface area contributed by atoms with Crippen LogP contribution in [0.25, 0.3) is 0 Å². The summed E-state index contributed by atoms with van der Waals surface area (Å²) in [5.74, 6) is 0.668. The second-order valence-corrected chi connectivity index (χ2v) is 6.93. The zero-order chi connectivity index (χ0) is 15.6. The number of ether oxygens (including phenoxy) is 2. The van der Waals surface area contributed by atoms with Gasteiger partial charge in [-0.25, -0.2) is 4.79 Å². The maximum atomic E-state index is 12.7. The molecule has 2 fully saturated rings. The van der Waals surface area contributed by atoms with Crippen molar-refractivity contribution < 1.29 is 19.1 Å². The van der Waals surface area contributed by atoms with Gasteiger partial charge in [0.15, 0.2) is 6.10 Å². The van der Waals surface area contributed by atoms with Gasteiger partial charge in [0.1, 0.15) is 0 Å². The van der Waals surface area contributed by atoms with E-state index in [1.54, 1.807) is 11.8 Å². The largest absolute Gasteiger partial charge is 0.467 e. The fourth-order valence-corrected chi connectivity index (χ4v) is 4.04. The van der Waals surface area contributed by atoms with Gasteiger partial charge < -0.3 is 14.4 Å². The predicted octanol–water partition coefficient (Wildman–Crippen LogP) is 1.70. The SMILES string of the molecule is COC(=O)[C@@H]1C[C@@H]2[C@H](CC[C@@H](C)N2C(=O)[C@@H](C)CSC)O1. The Kier molecular flexibility index (Phi) is 5.54. The highest BCUT2D eigenvalue weighted by Gasteiger charge is 2.48. The molecule has 0 aromatic rings. The molecule has 0 saturated carbocycles. The first-order chi connectivity index (χ1) is 9.99. The number of likely N-dealkylation sites (tertiary alicyclic amines) is 1. The van der Waals surface area contributed by atoms with E-state index in [-0.39, 0.29) is 36.0 Å². The highest BCUT2D eigenvalue weighted by Crippen LogP contribution is 2.36. The van der Waals surface area contributed by atoms with E-state index in [1.807, 2.05) is 18.1 Å². The molecule has 0 aromatic heterocycles. The number of fused-ring (bicyclic) bond motifs is 1. The van der Waals surface area contributed by atoms with Crippen LogP contribution in [0.2, 0.25) is 0 Å². The third-order valence-corrected chi connectivity index (χ3v) is 5.32. The molecular weight excluding hydrogens is 290 g/mol. The Morgan fingerprint density at radius 3 is 2.76 bits per heavy atom. The fraction of sp³-hybridized carbons (Fsp3) is 0.867. The van der Waals surface area contributed by atoms with Crippen LogP contribution >= 0.6 is 11.8 Å². The van der Waals surface area contributed by atoms with Crippen molar-refractivity contribution in [3.8, 4) is 0 Å². The fourth-order valence-electron chi connectivity index (χ4n) is 3.39. The summed E-state index contributed by atoms with van der Waals surface area (Å²) in [5, 5.41) is 0. The van der Waals surface area contributed by atoms with Crippen LogP contribution in [0.4, 0.5) is 0 Å². The first-order valence-corrected chi connectivity index (χ1v) is 8.93. The van der Waals surface area contributed by atoms with Crippen molar-refractivity contribution >= 4 is 23.6 Å². The molecule has 5 atom stereocenters. The summed E-state index contributed by atoms with van der Waals surface area (Å²) in [5.41, 5.74) is 0. The topological polar surface area (TPSA) is 55.8 Å². The third kappa shape index (κ3) is 3.37. The van der Waals surface area contributed by atoms with Crippen molar-refractivity contribution in [2.24, 2.45) is 5.92 Å². The molecule has 2 rings (SSSR count). The Morgan fingerprint density at radius 1 is 1.43 bits per heavy atom. The average molecular weight is 315 g/mol. The smallest absolute Gasteiger partial charge is 0.335 e. The second-order valence-electron chi connectivity index (χ2n) is 6.02. The molecule has 5 nitrogen and oxygen atoms in total. The van der Waals surface area contributed by atoms with Gasteiger partial charge in [-0.05, 0) is 26.0 Å². The van der Waals surface area contributed by atoms with E-state index in [4.69, 9.17) is 9.47 Å². The number of thioether (sulfide) groups is 1. The Balaban J connectivity index is 2.12. The number of amides is 1. The zero-order valence-corrected chi connectivity index (χ0v) is 14.0. The molecular formula is C15H25NO4S. The highest BCUT2D eigenvalue weighted by atomic mass is 32.2. The predicted molar refractivity (Wildman–Crippen MR) is 82.2 cm³/mol. The molecule has 21 heavy (non-hydrogen) atoms. The first-order valence-electron chi connectivity index (χ1n) is 7.54. The summed E-state index contributed by atoms with van der Waals surface area (Å²) in [6.07, 6.45) is 3.84. The van der Waals surface area contributed by atoms with E-state index in [9.17, 15) is 9.59 Å². The van der Waals surface area contributed by atoms with Crippen molar-refractivity contribution in [2.75, 3.05) is 19.1 Å². The lowest BCUT2D eigenvalue weighted by molar-refractivity contribution is -0.154. The number of carbonyl (C=O) groups excluding carboxylic acids is 2. The van der Waals surface area contributed by atoms with Crippen molar-refractivity contribution in [1.29, 1.82) is 0 Å². The first kappa shape index (κ1) is 16.6. The minimum absolute atomic E-state index is 0.00150. The van der Waals surface area contributed by atoms with Gasteiger partial charge in [-0.3, -0.25) is 4.79 Å². The van der Waals surface area contributed by atoms with Gasteiger partial charge in [0, 0.05) is 24.1 Å². The van der Waals surface area contributed by atoms with Crippen molar-refractivity contribution in [3.63, 3.8) is 0 Å². The van der Waals surface area contributed by atoms with Crippen molar-refractivity contribution in [2.45, 2.75) is 57.4 Å². The Bertz CT molecular complexity index is 403. The van der Waals surface area contributed by atoms with Crippen LogP contribution in [0.5, 0.6) is 0 Å². The normalized spacial score (nSPS) is 33.4. The van der Waals surface area contributed by atoms with E-state index >= 15 is 0 Å². The molecule has 2 aliphatic rings. The lowest BCUT2D eigenvalue weighted by Crippen LogP contribution is -2.54. The Hall–Kier alpha value is -0.750. The quantitative estimate of drug-likeness (QED) is 0.739. The second kappa shape index (κ2) is 7.01. The van der Waals surface area contributed by atoms with Gasteiger partial charge in [-0.15, -0.1) is 0 Å². The molecule has 0 unspecified atom stereocenters. The van der Waals surface area contributed by atoms with E-state index in [0.29, 0.717) is 6.42 Å². The third-order valence-electron chi connectivity index (χ3n) is 4.48. The minimum atomic E-state index is -0.526. The summed E-state index contributed by atoms with van der Waals surface area (Å²) >= 11 is 1.68. The molecule has 6 heteroatoms. The number of hydrogen-bond donors (Lipinski definition) is 0. The molecule has 0 aromatic carbocycles. The van der Waals surface area contributed by atoms with Crippen LogP contribution in [0, 0.1) is 5.92 Å². The number of esters is 1. The van der Waals surface area contributed by atoms with Crippen LogP contribution in [0.15, 0.2) is 0 Å². The lowest BCUT2D eigenvalue weighted by atomic mass is 9.91. The molecule has 0 radical (unpaired) electrons. The van der Waals surface area contributed by atoms with Gasteiger partial charge >= 0.3 is 5.97 Å². The number of carbonyl (C=O) groups is 2. The Morgan fingerprint density at radius 2 is 2.14 bits per heavy atom. The van der Waals surface area contributed by atoms with E-state index in [1.165, 1.54) is 7.11 Å². The van der Waals surface area contributed by atoms with Gasteiger partial charge in [0.05, 0.1) is 19.3 Å². The Labute approximate surface area is 130 Å². The minimum Gasteiger partial charge on any atom is -0.467 e. The average Bonchev–Trinajstić information content (AvgIpc) is 2.89. The number of piperidine rings is 1. The van der Waals surface area contributed by atoms with Crippen LogP contribution in [0.1, 0.15) is 33.1 Å². The van der Waals surface area contributed by atoms with Crippen LogP contribution in [0.3, 0.4) is 0 Å². The van der Waals surface area contributed by atoms with Gasteiger partial charge in [0.2, 0.25) is 5.91 Å². The number of rotatable bonds is 4. The van der Waals surface area contributed by atoms with E-state index < -0.39 is 6.10 Å². The van der Waals surface area contributed by atoms with Gasteiger partial charge in [0.25, 0.3) is 0 Å². The van der Waals surface area contributed by atoms with Crippen molar-refractivity contribution in [3.05, 3.63) is 0 Å². The molecule has 2 aliphatic heterocycles. The van der Waals surface area contributed by atoms with Crippen molar-refractivity contribution in [1.82, 2.24) is 4.90 Å². The highest BCUT2D eigenvalue weighted by molar-refractivity contribution is 7.98. The number of nitrogens with zero attached hydrogens (tertiary/aromatic N) is 1. The van der Waals surface area contributed by atoms with Crippen LogP contribution < -0.4 is 0 Å². The number of methoxy groups -OCH3 is 1. The number of hydrogen-bond acceptors (Lipinski definition) is 5. The molecule has 0 N–H and O–H groups in total. The summed E-state index contributed by atoms with van der Waals surface area (Å²) in [6, 6.07) is 0.220. The van der Waals surface area contributed by atoms with Gasteiger partial charge in [-0.1, -0.05) is 6.92 Å². The summed E-state index contributed by atoms with van der Waals surface area (Å²) < 4.78 is 10.6. The molecule has 0 aliphatic carbocycles. The molecule has 0 spiro atoms. The zero-order valence-electron chi connectivity index (χ0n) is 13.2. The molecule has 0 bridgehead atoms. The summed E-state index contributed by atoms with van der Waals surface area (Å²) in [7, 11) is 1.37. The van der Waals surface area contributed by atoms with E-state index in [0.717, 1.165) is 18.6 Å². The molecule has 2 saturated heterocycles. The maximum absolute atomic E-state index is 12.7. The summed E-state index contributed by atoms with van der Waals surface area (Å²) in [4.78, 5) is 26.4. The summed E-state index contributed by atoms with van der Waals surface area (Å²) in [6.45, 7) is 4.06.